The van der Waals surface area contributed by atoms with Gasteiger partial charge in [-0.05, 0) is 18.1 Å². The van der Waals surface area contributed by atoms with Gasteiger partial charge < -0.3 is 10.2 Å². The molecule has 1 saturated heterocycles. The fourth-order valence-corrected chi connectivity index (χ4v) is 3.22. The normalized spacial score (nSPS) is 16.1. The highest BCUT2D eigenvalue weighted by Crippen LogP contribution is 2.33. The number of nitrogens with zero attached hydrogens (tertiary/aromatic N) is 3. The fraction of sp³-hybridized carbons (Fsp3) is 0.357. The van der Waals surface area contributed by atoms with Gasteiger partial charge in [0.1, 0.15) is 17.7 Å². The van der Waals surface area contributed by atoms with E-state index >= 15 is 0 Å². The minimum atomic E-state index is 0.0772. The van der Waals surface area contributed by atoms with Crippen molar-refractivity contribution in [2.75, 3.05) is 24.5 Å². The number of amides is 1. The van der Waals surface area contributed by atoms with Crippen LogP contribution in [-0.4, -0.2) is 34.9 Å². The SMILES string of the molecule is C[CH]c1cc(Cl)c2c(Cl)ncn2c1N1CCNC(=O)CC1. The highest BCUT2D eigenvalue weighted by molar-refractivity contribution is 6.39. The second-order valence-corrected chi connectivity index (χ2v) is 5.67. The number of nitrogens with one attached hydrogen (secondary N) is 1. The molecule has 0 saturated carbocycles. The molecule has 0 aromatic carbocycles. The van der Waals surface area contributed by atoms with Crippen molar-refractivity contribution in [3.63, 3.8) is 0 Å². The Morgan fingerprint density at radius 2 is 2.19 bits per heavy atom. The maximum absolute atomic E-state index is 11.5. The monoisotopic (exact) mass is 325 g/mol. The smallest absolute Gasteiger partial charge is 0.221 e. The van der Waals surface area contributed by atoms with Crippen LogP contribution in [0.15, 0.2) is 12.4 Å². The second kappa shape index (κ2) is 5.73. The predicted octanol–water partition coefficient (Wildman–Crippen LogP) is 2.54. The first-order chi connectivity index (χ1) is 10.1. The minimum absolute atomic E-state index is 0.0772. The molecule has 1 aliphatic rings. The van der Waals surface area contributed by atoms with Crippen molar-refractivity contribution in [2.24, 2.45) is 0 Å². The van der Waals surface area contributed by atoms with E-state index in [0.717, 1.165) is 17.9 Å². The second-order valence-electron chi connectivity index (χ2n) is 4.90. The molecule has 0 bridgehead atoms. The van der Waals surface area contributed by atoms with E-state index in [1.165, 1.54) is 0 Å². The number of carbonyl (C=O) groups is 1. The Balaban J connectivity index is 2.15. The first-order valence-corrected chi connectivity index (χ1v) is 7.53. The van der Waals surface area contributed by atoms with E-state index in [1.54, 1.807) is 6.33 Å². The summed E-state index contributed by atoms with van der Waals surface area (Å²) in [5.74, 6) is 1.04. The van der Waals surface area contributed by atoms with Gasteiger partial charge in [-0.15, -0.1) is 0 Å². The van der Waals surface area contributed by atoms with Gasteiger partial charge in [0.05, 0.1) is 5.02 Å². The molecule has 5 nitrogen and oxygen atoms in total. The third kappa shape index (κ3) is 2.56. The maximum Gasteiger partial charge on any atom is 0.221 e. The van der Waals surface area contributed by atoms with Crippen LogP contribution in [-0.2, 0) is 4.79 Å². The number of hydrogen-bond donors (Lipinski definition) is 1. The van der Waals surface area contributed by atoms with Gasteiger partial charge in [0.25, 0.3) is 0 Å². The van der Waals surface area contributed by atoms with Crippen LogP contribution in [0, 0.1) is 6.42 Å². The molecular formula is C14H15Cl2N4O. The summed E-state index contributed by atoms with van der Waals surface area (Å²) in [6.07, 6.45) is 4.14. The highest BCUT2D eigenvalue weighted by atomic mass is 35.5. The van der Waals surface area contributed by atoms with Crippen LogP contribution in [0.1, 0.15) is 18.9 Å². The van der Waals surface area contributed by atoms with Gasteiger partial charge in [0.15, 0.2) is 5.15 Å². The average molecular weight is 326 g/mol. The molecule has 3 heterocycles. The molecule has 111 valence electrons. The van der Waals surface area contributed by atoms with E-state index in [-0.39, 0.29) is 5.91 Å². The van der Waals surface area contributed by atoms with Gasteiger partial charge in [-0.1, -0.05) is 30.1 Å². The third-order valence-corrected chi connectivity index (χ3v) is 4.21. The Morgan fingerprint density at radius 1 is 1.38 bits per heavy atom. The van der Waals surface area contributed by atoms with Gasteiger partial charge in [-0.25, -0.2) is 4.98 Å². The summed E-state index contributed by atoms with van der Waals surface area (Å²) in [4.78, 5) is 17.8. The number of aromatic nitrogens is 2. The first kappa shape index (κ1) is 14.5. The Bertz CT molecular complexity index is 698. The molecule has 0 unspecified atom stereocenters. The number of halogens is 2. The molecule has 1 N–H and O–H groups in total. The number of fused-ring (bicyclic) bond motifs is 1. The molecule has 7 heteroatoms. The summed E-state index contributed by atoms with van der Waals surface area (Å²) in [5, 5.41) is 3.83. The van der Waals surface area contributed by atoms with E-state index in [9.17, 15) is 4.79 Å². The van der Waals surface area contributed by atoms with E-state index in [0.29, 0.717) is 35.2 Å². The maximum atomic E-state index is 11.5. The number of pyridine rings is 1. The van der Waals surface area contributed by atoms with Crippen LogP contribution in [0.3, 0.4) is 0 Å². The van der Waals surface area contributed by atoms with Crippen LogP contribution in [0.5, 0.6) is 0 Å². The van der Waals surface area contributed by atoms with Gasteiger partial charge in [-0.2, -0.15) is 0 Å². The fourth-order valence-electron chi connectivity index (χ4n) is 2.64. The van der Waals surface area contributed by atoms with Crippen molar-refractivity contribution in [3.8, 4) is 0 Å². The molecule has 21 heavy (non-hydrogen) atoms. The molecule has 1 fully saturated rings. The predicted molar refractivity (Wildman–Crippen MR) is 84.1 cm³/mol. The van der Waals surface area contributed by atoms with Crippen molar-refractivity contribution in [1.82, 2.24) is 14.7 Å². The zero-order valence-electron chi connectivity index (χ0n) is 11.6. The molecule has 1 aliphatic heterocycles. The summed E-state index contributed by atoms with van der Waals surface area (Å²) in [7, 11) is 0. The van der Waals surface area contributed by atoms with E-state index < -0.39 is 0 Å². The van der Waals surface area contributed by atoms with Gasteiger partial charge in [-0.3, -0.25) is 9.20 Å². The molecule has 1 radical (unpaired) electrons. The molecule has 0 atom stereocenters. The Kier molecular flexibility index (Phi) is 3.95. The van der Waals surface area contributed by atoms with Crippen LogP contribution in [0.4, 0.5) is 5.82 Å². The average Bonchev–Trinajstić information content (AvgIpc) is 2.72. The zero-order chi connectivity index (χ0) is 15.0. The quantitative estimate of drug-likeness (QED) is 0.923. The van der Waals surface area contributed by atoms with Crippen LogP contribution < -0.4 is 10.2 Å². The largest absolute Gasteiger partial charge is 0.355 e. The summed E-state index contributed by atoms with van der Waals surface area (Å²) >= 11 is 12.4. The van der Waals surface area contributed by atoms with E-state index in [4.69, 9.17) is 23.2 Å². The molecule has 2 aromatic rings. The summed E-state index contributed by atoms with van der Waals surface area (Å²) < 4.78 is 1.90. The molecule has 0 aliphatic carbocycles. The van der Waals surface area contributed by atoms with Crippen molar-refractivity contribution < 1.29 is 4.79 Å². The molecule has 0 spiro atoms. The molecular weight excluding hydrogens is 311 g/mol. The number of rotatable bonds is 2. The highest BCUT2D eigenvalue weighted by Gasteiger charge is 2.21. The third-order valence-electron chi connectivity index (χ3n) is 3.64. The number of hydrogen-bond acceptors (Lipinski definition) is 3. The summed E-state index contributed by atoms with van der Waals surface area (Å²) in [5.41, 5.74) is 1.69. The lowest BCUT2D eigenvalue weighted by Gasteiger charge is -2.26. The van der Waals surface area contributed by atoms with E-state index in [2.05, 4.69) is 15.2 Å². The number of anilines is 1. The van der Waals surface area contributed by atoms with Crippen LogP contribution >= 0.6 is 23.2 Å². The molecule has 1 amide bonds. The standard InChI is InChI=1S/C14H15Cl2N4O/c1-2-9-7-10(15)12-13(16)18-8-20(12)14(9)19-5-3-11(21)17-4-6-19/h2,7-8H,3-6H2,1H3,(H,17,21). The lowest BCUT2D eigenvalue weighted by molar-refractivity contribution is -0.120. The Morgan fingerprint density at radius 3 is 2.95 bits per heavy atom. The van der Waals surface area contributed by atoms with Crippen LogP contribution in [0.2, 0.25) is 10.2 Å². The first-order valence-electron chi connectivity index (χ1n) is 6.78. The zero-order valence-corrected chi connectivity index (χ0v) is 13.1. The molecule has 3 rings (SSSR count). The lowest BCUT2D eigenvalue weighted by atomic mass is 10.1. The Hall–Kier alpha value is -1.46. The van der Waals surface area contributed by atoms with Crippen LogP contribution in [0.25, 0.3) is 5.52 Å². The molecule has 2 aromatic heterocycles. The van der Waals surface area contributed by atoms with Crippen molar-refractivity contribution in [1.29, 1.82) is 0 Å². The summed E-state index contributed by atoms with van der Waals surface area (Å²) in [6.45, 7) is 3.97. The summed E-state index contributed by atoms with van der Waals surface area (Å²) in [6, 6.07) is 1.89. The van der Waals surface area contributed by atoms with Crippen molar-refractivity contribution >= 4 is 40.4 Å². The Labute approximate surface area is 132 Å². The van der Waals surface area contributed by atoms with Gasteiger partial charge in [0, 0.05) is 26.1 Å². The van der Waals surface area contributed by atoms with E-state index in [1.807, 2.05) is 23.8 Å². The number of carbonyl (C=O) groups excluding carboxylic acids is 1. The number of imidazole rings is 1. The van der Waals surface area contributed by atoms with Crippen molar-refractivity contribution in [2.45, 2.75) is 13.3 Å². The minimum Gasteiger partial charge on any atom is -0.355 e. The van der Waals surface area contributed by atoms with Crippen molar-refractivity contribution in [3.05, 3.63) is 34.6 Å². The lowest BCUT2D eigenvalue weighted by Crippen LogP contribution is -2.30. The van der Waals surface area contributed by atoms with Gasteiger partial charge in [0.2, 0.25) is 5.91 Å². The topological polar surface area (TPSA) is 49.6 Å². The van der Waals surface area contributed by atoms with Gasteiger partial charge >= 0.3 is 0 Å².